The van der Waals surface area contributed by atoms with Gasteiger partial charge in [-0.1, -0.05) is 0 Å². The Kier molecular flexibility index (Phi) is 3.63. The Labute approximate surface area is 141 Å². The highest BCUT2D eigenvalue weighted by molar-refractivity contribution is 5.99. The third kappa shape index (κ3) is 2.50. The molecule has 124 valence electrons. The Bertz CT molecular complexity index is 878. The smallest absolute Gasteiger partial charge is 0.253 e. The fraction of sp³-hybridized carbons (Fsp3) is 0.368. The van der Waals surface area contributed by atoms with Gasteiger partial charge in [-0.3, -0.25) is 9.89 Å². The maximum absolute atomic E-state index is 13.0. The number of carbonyl (C=O) groups excluding carboxylic acids is 1. The standard InChI is InChI=1S/C19H22N4O/c1-12-13(2)21-18-6-5-14(10-16(12)18)19(24)23-9-3-4-15(11-23)17-7-8-20-22-17/h5-8,10,15,21H,3-4,9,11H2,1-2H3,(H,20,22). The molecule has 1 atom stereocenters. The second kappa shape index (κ2) is 5.82. The maximum Gasteiger partial charge on any atom is 0.253 e. The van der Waals surface area contributed by atoms with Crippen molar-refractivity contribution in [1.29, 1.82) is 0 Å². The summed E-state index contributed by atoms with van der Waals surface area (Å²) in [5, 5.41) is 8.23. The predicted molar refractivity (Wildman–Crippen MR) is 94.2 cm³/mol. The zero-order valence-electron chi connectivity index (χ0n) is 14.1. The molecule has 1 unspecified atom stereocenters. The van der Waals surface area contributed by atoms with Crippen LogP contribution in [0.4, 0.5) is 0 Å². The summed E-state index contributed by atoms with van der Waals surface area (Å²) < 4.78 is 0. The summed E-state index contributed by atoms with van der Waals surface area (Å²) in [4.78, 5) is 18.3. The van der Waals surface area contributed by atoms with Crippen molar-refractivity contribution >= 4 is 16.8 Å². The van der Waals surface area contributed by atoms with Crippen molar-refractivity contribution in [2.24, 2.45) is 0 Å². The van der Waals surface area contributed by atoms with Gasteiger partial charge in [0.25, 0.3) is 5.91 Å². The molecule has 1 amide bonds. The molecule has 2 N–H and O–H groups in total. The lowest BCUT2D eigenvalue weighted by Crippen LogP contribution is -2.39. The Morgan fingerprint density at radius 2 is 2.17 bits per heavy atom. The highest BCUT2D eigenvalue weighted by atomic mass is 16.2. The van der Waals surface area contributed by atoms with Gasteiger partial charge in [-0.25, -0.2) is 0 Å². The first-order valence-corrected chi connectivity index (χ1v) is 8.51. The van der Waals surface area contributed by atoms with Crippen LogP contribution in [0.3, 0.4) is 0 Å². The molecule has 1 aliphatic rings. The van der Waals surface area contributed by atoms with E-state index in [9.17, 15) is 4.79 Å². The van der Waals surface area contributed by atoms with Crippen LogP contribution >= 0.6 is 0 Å². The number of likely N-dealkylation sites (tertiary alicyclic amines) is 1. The van der Waals surface area contributed by atoms with Crippen LogP contribution < -0.4 is 0 Å². The van der Waals surface area contributed by atoms with Crippen LogP contribution in [0.15, 0.2) is 30.5 Å². The van der Waals surface area contributed by atoms with Crippen LogP contribution in [-0.2, 0) is 0 Å². The average molecular weight is 322 g/mol. The number of rotatable bonds is 2. The molecule has 3 aromatic rings. The van der Waals surface area contributed by atoms with Crippen LogP contribution in [0.5, 0.6) is 0 Å². The van der Waals surface area contributed by atoms with Crippen LogP contribution in [-0.4, -0.2) is 39.1 Å². The Balaban J connectivity index is 1.59. The lowest BCUT2D eigenvalue weighted by molar-refractivity contribution is 0.0706. The molecule has 5 nitrogen and oxygen atoms in total. The zero-order valence-corrected chi connectivity index (χ0v) is 14.1. The van der Waals surface area contributed by atoms with Crippen molar-refractivity contribution in [3.63, 3.8) is 0 Å². The van der Waals surface area contributed by atoms with Crippen molar-refractivity contribution in [2.75, 3.05) is 13.1 Å². The summed E-state index contributed by atoms with van der Waals surface area (Å²) in [6.07, 6.45) is 3.90. The number of benzene rings is 1. The molecule has 0 bridgehead atoms. The van der Waals surface area contributed by atoms with Crippen molar-refractivity contribution in [1.82, 2.24) is 20.1 Å². The van der Waals surface area contributed by atoms with E-state index in [4.69, 9.17) is 0 Å². The molecule has 1 saturated heterocycles. The summed E-state index contributed by atoms with van der Waals surface area (Å²) in [5.74, 6) is 0.476. The number of amides is 1. The van der Waals surface area contributed by atoms with Crippen LogP contribution in [0.2, 0.25) is 0 Å². The molecule has 0 saturated carbocycles. The minimum absolute atomic E-state index is 0.124. The summed E-state index contributed by atoms with van der Waals surface area (Å²) in [7, 11) is 0. The SMILES string of the molecule is Cc1[nH]c2ccc(C(=O)N3CCCC(c4ccn[nH]4)C3)cc2c1C. The number of hydrogen-bond acceptors (Lipinski definition) is 2. The normalized spacial score (nSPS) is 18.2. The third-order valence-corrected chi connectivity index (χ3v) is 5.23. The van der Waals surface area contributed by atoms with Crippen LogP contribution in [0, 0.1) is 13.8 Å². The number of aromatic amines is 2. The number of nitrogens with one attached hydrogen (secondary N) is 2. The number of aromatic nitrogens is 3. The molecule has 3 heterocycles. The Hall–Kier alpha value is -2.56. The largest absolute Gasteiger partial charge is 0.358 e. The number of nitrogens with zero attached hydrogens (tertiary/aromatic N) is 2. The molecular weight excluding hydrogens is 300 g/mol. The van der Waals surface area contributed by atoms with Gasteiger partial charge in [0.15, 0.2) is 0 Å². The van der Waals surface area contributed by atoms with E-state index >= 15 is 0 Å². The van der Waals surface area contributed by atoms with E-state index in [-0.39, 0.29) is 5.91 Å². The van der Waals surface area contributed by atoms with E-state index in [0.29, 0.717) is 5.92 Å². The predicted octanol–water partition coefficient (Wildman–Crippen LogP) is 3.53. The highest BCUT2D eigenvalue weighted by Gasteiger charge is 2.26. The third-order valence-electron chi connectivity index (χ3n) is 5.23. The second-order valence-corrected chi connectivity index (χ2v) is 6.74. The van der Waals surface area contributed by atoms with Gasteiger partial charge in [0.1, 0.15) is 0 Å². The average Bonchev–Trinajstić information content (AvgIpc) is 3.24. The molecular formula is C19H22N4O. The first kappa shape index (κ1) is 15.0. The number of hydrogen-bond donors (Lipinski definition) is 2. The minimum atomic E-state index is 0.124. The minimum Gasteiger partial charge on any atom is -0.358 e. The molecule has 0 aliphatic carbocycles. The Morgan fingerprint density at radius 3 is 2.96 bits per heavy atom. The Morgan fingerprint density at radius 1 is 1.29 bits per heavy atom. The monoisotopic (exact) mass is 322 g/mol. The van der Waals surface area contributed by atoms with E-state index in [1.165, 1.54) is 5.56 Å². The second-order valence-electron chi connectivity index (χ2n) is 6.74. The van der Waals surface area contributed by atoms with Gasteiger partial charge in [0.2, 0.25) is 0 Å². The van der Waals surface area contributed by atoms with Crippen molar-refractivity contribution < 1.29 is 4.79 Å². The van der Waals surface area contributed by atoms with E-state index in [1.807, 2.05) is 29.2 Å². The quantitative estimate of drug-likeness (QED) is 0.758. The van der Waals surface area contributed by atoms with Crippen molar-refractivity contribution in [3.8, 4) is 0 Å². The number of fused-ring (bicyclic) bond motifs is 1. The summed E-state index contributed by atoms with van der Waals surface area (Å²) in [5.41, 5.74) is 5.37. The molecule has 24 heavy (non-hydrogen) atoms. The fourth-order valence-electron chi connectivity index (χ4n) is 3.69. The lowest BCUT2D eigenvalue weighted by atomic mass is 9.94. The molecule has 2 aromatic heterocycles. The fourth-order valence-corrected chi connectivity index (χ4v) is 3.69. The first-order chi connectivity index (χ1) is 11.6. The van der Waals surface area contributed by atoms with E-state index in [2.05, 4.69) is 29.0 Å². The topological polar surface area (TPSA) is 64.8 Å². The highest BCUT2D eigenvalue weighted by Crippen LogP contribution is 2.27. The molecule has 5 heteroatoms. The summed E-state index contributed by atoms with van der Waals surface area (Å²) >= 11 is 0. The zero-order chi connectivity index (χ0) is 16.7. The number of H-pyrrole nitrogens is 2. The van der Waals surface area contributed by atoms with E-state index in [0.717, 1.165) is 53.8 Å². The number of aryl methyl sites for hydroxylation is 2. The molecule has 0 radical (unpaired) electrons. The number of carbonyl (C=O) groups is 1. The maximum atomic E-state index is 13.0. The number of piperidine rings is 1. The molecule has 1 fully saturated rings. The van der Waals surface area contributed by atoms with Gasteiger partial charge < -0.3 is 9.88 Å². The van der Waals surface area contributed by atoms with Gasteiger partial charge in [-0.2, -0.15) is 5.10 Å². The molecule has 4 rings (SSSR count). The van der Waals surface area contributed by atoms with Gasteiger partial charge in [-0.15, -0.1) is 0 Å². The molecule has 1 aromatic carbocycles. The lowest BCUT2D eigenvalue weighted by Gasteiger charge is -2.32. The van der Waals surface area contributed by atoms with Crippen molar-refractivity contribution in [3.05, 3.63) is 53.0 Å². The van der Waals surface area contributed by atoms with Gasteiger partial charge in [-0.05, 0) is 56.5 Å². The van der Waals surface area contributed by atoms with Gasteiger partial charge in [0, 0.05) is 53.1 Å². The van der Waals surface area contributed by atoms with Crippen molar-refractivity contribution in [2.45, 2.75) is 32.6 Å². The molecule has 1 aliphatic heterocycles. The molecule has 0 spiro atoms. The van der Waals surface area contributed by atoms with E-state index in [1.54, 1.807) is 6.20 Å². The van der Waals surface area contributed by atoms with Crippen LogP contribution in [0.1, 0.15) is 46.1 Å². The summed E-state index contributed by atoms with van der Waals surface area (Å²) in [6, 6.07) is 7.98. The summed E-state index contributed by atoms with van der Waals surface area (Å²) in [6.45, 7) is 5.74. The van der Waals surface area contributed by atoms with Gasteiger partial charge in [0.05, 0.1) is 0 Å². The van der Waals surface area contributed by atoms with Crippen LogP contribution in [0.25, 0.3) is 10.9 Å². The van der Waals surface area contributed by atoms with Gasteiger partial charge >= 0.3 is 0 Å². The first-order valence-electron chi connectivity index (χ1n) is 8.51. The van der Waals surface area contributed by atoms with E-state index < -0.39 is 0 Å².